The van der Waals surface area contributed by atoms with Crippen LogP contribution in [0.1, 0.15) is 11.1 Å². The van der Waals surface area contributed by atoms with Crippen molar-refractivity contribution in [3.8, 4) is 6.07 Å². The van der Waals surface area contributed by atoms with Crippen molar-refractivity contribution >= 4 is 38.2 Å². The Bertz CT molecular complexity index is 1210. The Labute approximate surface area is 170 Å². The largest absolute Gasteiger partial charge is 0.416 e. The number of halogens is 3. The number of hydrogen-bond acceptors (Lipinski definition) is 2. The average molecular weight is 405 g/mol. The van der Waals surface area contributed by atoms with Crippen LogP contribution in [0.4, 0.5) is 13.2 Å². The number of thioether (sulfide) groups is 1. The van der Waals surface area contributed by atoms with Crippen LogP contribution in [0.2, 0.25) is 0 Å². The third kappa shape index (κ3) is 3.85. The quantitative estimate of drug-likeness (QED) is 0.198. The van der Waals surface area contributed by atoms with Crippen molar-refractivity contribution in [2.45, 2.75) is 11.1 Å². The maximum absolute atomic E-state index is 12.9. The van der Waals surface area contributed by atoms with E-state index in [0.717, 1.165) is 38.6 Å². The van der Waals surface area contributed by atoms with Gasteiger partial charge >= 0.3 is 6.18 Å². The first-order chi connectivity index (χ1) is 14.0. The summed E-state index contributed by atoms with van der Waals surface area (Å²) in [7, 11) is 0. The molecule has 0 aliphatic heterocycles. The molecule has 4 aromatic rings. The lowest BCUT2D eigenvalue weighted by atomic mass is 10.0. The number of nitriles is 1. The molecule has 0 atom stereocenters. The highest BCUT2D eigenvalue weighted by Crippen LogP contribution is 2.43. The first-order valence-electron chi connectivity index (χ1n) is 8.83. The molecule has 0 saturated carbocycles. The van der Waals surface area contributed by atoms with Gasteiger partial charge in [-0.05, 0) is 45.3 Å². The van der Waals surface area contributed by atoms with Gasteiger partial charge in [-0.1, -0.05) is 72.4 Å². The summed E-state index contributed by atoms with van der Waals surface area (Å²) < 4.78 is 38.7. The highest BCUT2D eigenvalue weighted by atomic mass is 32.2. The van der Waals surface area contributed by atoms with E-state index in [1.807, 2.05) is 54.6 Å². The number of nitrogens with zero attached hydrogens (tertiary/aromatic N) is 1. The zero-order valence-corrected chi connectivity index (χ0v) is 15.9. The van der Waals surface area contributed by atoms with E-state index in [1.54, 1.807) is 0 Å². The van der Waals surface area contributed by atoms with Crippen LogP contribution in [0, 0.1) is 11.3 Å². The number of allylic oxidation sites excluding steroid dienone is 1. The molecule has 0 amide bonds. The molecular weight excluding hydrogens is 391 g/mol. The van der Waals surface area contributed by atoms with E-state index in [-0.39, 0.29) is 0 Å². The van der Waals surface area contributed by atoms with Crippen molar-refractivity contribution in [2.24, 2.45) is 0 Å². The summed E-state index contributed by atoms with van der Waals surface area (Å²) in [6.07, 6.45) is -3.01. The minimum absolute atomic E-state index is 0.571. The molecule has 0 aliphatic rings. The van der Waals surface area contributed by atoms with Crippen molar-refractivity contribution in [3.63, 3.8) is 0 Å². The van der Waals surface area contributed by atoms with E-state index in [2.05, 4.69) is 6.07 Å². The van der Waals surface area contributed by atoms with Crippen molar-refractivity contribution in [1.82, 2.24) is 0 Å². The van der Waals surface area contributed by atoms with E-state index in [1.165, 1.54) is 30.0 Å². The van der Waals surface area contributed by atoms with Gasteiger partial charge in [-0.25, -0.2) is 0 Å². The molecule has 0 unspecified atom stereocenters. The summed E-state index contributed by atoms with van der Waals surface area (Å²) >= 11 is 1.40. The molecule has 0 bridgehead atoms. The fourth-order valence-electron chi connectivity index (χ4n) is 3.25. The molecule has 0 fully saturated rings. The zero-order valence-electron chi connectivity index (χ0n) is 15.1. The molecule has 0 saturated heterocycles. The Hall–Kier alpha value is -3.23. The first-order valence-corrected chi connectivity index (χ1v) is 9.65. The van der Waals surface area contributed by atoms with Gasteiger partial charge in [0.15, 0.2) is 0 Å². The topological polar surface area (TPSA) is 23.8 Å². The molecule has 5 heteroatoms. The highest BCUT2D eigenvalue weighted by molar-refractivity contribution is 8.08. The van der Waals surface area contributed by atoms with Crippen LogP contribution in [0.5, 0.6) is 0 Å². The minimum atomic E-state index is -4.39. The average Bonchev–Trinajstić information content (AvgIpc) is 2.72. The van der Waals surface area contributed by atoms with Crippen LogP contribution < -0.4 is 0 Å². The Morgan fingerprint density at radius 2 is 1.38 bits per heavy atom. The Kier molecular flexibility index (Phi) is 5.04. The lowest BCUT2D eigenvalue weighted by molar-refractivity contribution is -0.137. The van der Waals surface area contributed by atoms with Crippen LogP contribution in [-0.2, 0) is 6.18 Å². The lowest BCUT2D eigenvalue weighted by Crippen LogP contribution is -2.04. The van der Waals surface area contributed by atoms with Crippen molar-refractivity contribution in [1.29, 1.82) is 5.26 Å². The van der Waals surface area contributed by atoms with Gasteiger partial charge < -0.3 is 0 Å². The Balaban J connectivity index is 1.85. The molecule has 0 N–H and O–H groups in total. The number of hydrogen-bond donors (Lipinski definition) is 0. The SMILES string of the molecule is N#C/C=C(\Sc1c2ccccc2cc2ccccc12)c1ccc(C(F)(F)F)cc1. The molecule has 1 nitrogen and oxygen atoms in total. The van der Waals surface area contributed by atoms with E-state index in [9.17, 15) is 18.4 Å². The van der Waals surface area contributed by atoms with E-state index in [4.69, 9.17) is 0 Å². The van der Waals surface area contributed by atoms with Gasteiger partial charge in [0.25, 0.3) is 0 Å². The van der Waals surface area contributed by atoms with Crippen molar-refractivity contribution in [2.75, 3.05) is 0 Å². The normalized spacial score (nSPS) is 12.3. The third-order valence-electron chi connectivity index (χ3n) is 4.63. The van der Waals surface area contributed by atoms with Gasteiger partial charge in [0.1, 0.15) is 0 Å². The zero-order chi connectivity index (χ0) is 20.4. The first kappa shape index (κ1) is 19.1. The smallest absolute Gasteiger partial charge is 0.193 e. The Morgan fingerprint density at radius 1 is 0.828 bits per heavy atom. The van der Waals surface area contributed by atoms with E-state index < -0.39 is 11.7 Å². The second kappa shape index (κ2) is 7.65. The minimum Gasteiger partial charge on any atom is -0.193 e. The summed E-state index contributed by atoms with van der Waals surface area (Å²) in [5.74, 6) is 0. The number of alkyl halides is 3. The highest BCUT2D eigenvalue weighted by Gasteiger charge is 2.30. The molecule has 142 valence electrons. The number of fused-ring (bicyclic) bond motifs is 2. The molecule has 4 rings (SSSR count). The van der Waals surface area contributed by atoms with Crippen LogP contribution in [-0.4, -0.2) is 0 Å². The molecule has 0 aromatic heterocycles. The summed E-state index contributed by atoms with van der Waals surface area (Å²) in [6, 6.07) is 25.0. The molecule has 0 aliphatic carbocycles. The maximum Gasteiger partial charge on any atom is 0.416 e. The summed E-state index contributed by atoms with van der Waals surface area (Å²) in [5, 5.41) is 13.5. The molecule has 0 heterocycles. The van der Waals surface area contributed by atoms with Gasteiger partial charge in [-0.2, -0.15) is 18.4 Å². The molecular formula is C24H14F3NS. The number of benzene rings is 4. The van der Waals surface area contributed by atoms with Gasteiger partial charge in [0.05, 0.1) is 11.6 Å². The molecule has 0 radical (unpaired) electrons. The van der Waals surface area contributed by atoms with Gasteiger partial charge in [0, 0.05) is 15.9 Å². The maximum atomic E-state index is 12.9. The van der Waals surface area contributed by atoms with Crippen LogP contribution in [0.3, 0.4) is 0 Å². The van der Waals surface area contributed by atoms with Crippen LogP contribution >= 0.6 is 11.8 Å². The second-order valence-corrected chi connectivity index (χ2v) is 7.52. The predicted molar refractivity (Wildman–Crippen MR) is 112 cm³/mol. The van der Waals surface area contributed by atoms with E-state index in [0.29, 0.717) is 10.5 Å². The fourth-order valence-corrected chi connectivity index (χ4v) is 4.42. The van der Waals surface area contributed by atoms with Crippen LogP contribution in [0.25, 0.3) is 26.5 Å². The monoisotopic (exact) mass is 405 g/mol. The standard InChI is InChI=1S/C24H14F3NS/c25-24(26,27)19-11-9-16(10-12-19)22(13-14-28)29-23-20-7-3-1-5-17(20)15-18-6-2-4-8-21(18)23/h1-13,15H/b22-13-. The Morgan fingerprint density at radius 3 is 1.90 bits per heavy atom. The predicted octanol–water partition coefficient (Wildman–Crippen LogP) is 7.67. The van der Waals surface area contributed by atoms with Gasteiger partial charge in [-0.15, -0.1) is 0 Å². The van der Waals surface area contributed by atoms with Gasteiger partial charge in [-0.3, -0.25) is 0 Å². The van der Waals surface area contributed by atoms with E-state index >= 15 is 0 Å². The van der Waals surface area contributed by atoms with Crippen LogP contribution in [0.15, 0.2) is 89.8 Å². The summed E-state index contributed by atoms with van der Waals surface area (Å²) in [4.78, 5) is 1.57. The summed E-state index contributed by atoms with van der Waals surface area (Å²) in [6.45, 7) is 0. The van der Waals surface area contributed by atoms with Crippen molar-refractivity contribution < 1.29 is 13.2 Å². The molecule has 0 spiro atoms. The van der Waals surface area contributed by atoms with Gasteiger partial charge in [0.2, 0.25) is 0 Å². The van der Waals surface area contributed by atoms with Crippen molar-refractivity contribution in [3.05, 3.63) is 96.1 Å². The second-order valence-electron chi connectivity index (χ2n) is 6.46. The number of rotatable bonds is 3. The summed E-state index contributed by atoms with van der Waals surface area (Å²) in [5.41, 5.74) is -0.139. The third-order valence-corrected chi connectivity index (χ3v) is 5.84. The fraction of sp³-hybridized carbons (Fsp3) is 0.0417. The molecule has 29 heavy (non-hydrogen) atoms. The lowest BCUT2D eigenvalue weighted by Gasteiger charge is -2.14. The molecule has 4 aromatic carbocycles.